The van der Waals surface area contributed by atoms with Gasteiger partial charge in [-0.05, 0) is 34.0 Å². The lowest BCUT2D eigenvalue weighted by Crippen LogP contribution is -2.24. The molecule has 1 atom stereocenters. The SMILES string of the molecule is CSC(C)(C)Cn1c(C(C)Cl)nc2c(C)nn(C)c21. The van der Waals surface area contributed by atoms with E-state index in [1.807, 2.05) is 37.3 Å². The molecule has 106 valence electrons. The molecule has 0 N–H and O–H groups in total. The van der Waals surface area contributed by atoms with E-state index < -0.39 is 0 Å². The Morgan fingerprint density at radius 2 is 2.05 bits per heavy atom. The molecule has 0 spiro atoms. The Bertz CT molecular complexity index is 597. The fourth-order valence-corrected chi connectivity index (χ4v) is 2.68. The quantitative estimate of drug-likeness (QED) is 0.811. The second-order valence-corrected chi connectivity index (χ2v) is 7.69. The summed E-state index contributed by atoms with van der Waals surface area (Å²) in [6.45, 7) is 9.29. The Hall–Kier alpha value is -0.680. The summed E-state index contributed by atoms with van der Waals surface area (Å²) in [6, 6.07) is 0. The number of aryl methyl sites for hydroxylation is 2. The lowest BCUT2D eigenvalue weighted by molar-refractivity contribution is 0.547. The molecular formula is C13H21ClN4S. The van der Waals surface area contributed by atoms with Crippen molar-refractivity contribution >= 4 is 34.5 Å². The van der Waals surface area contributed by atoms with Gasteiger partial charge < -0.3 is 4.57 Å². The van der Waals surface area contributed by atoms with Gasteiger partial charge in [-0.1, -0.05) is 0 Å². The van der Waals surface area contributed by atoms with Crippen LogP contribution in [0.4, 0.5) is 0 Å². The highest BCUT2D eigenvalue weighted by molar-refractivity contribution is 7.99. The van der Waals surface area contributed by atoms with Gasteiger partial charge in [0.2, 0.25) is 0 Å². The van der Waals surface area contributed by atoms with Crippen molar-refractivity contribution in [1.82, 2.24) is 19.3 Å². The van der Waals surface area contributed by atoms with Crippen LogP contribution in [-0.2, 0) is 13.6 Å². The fourth-order valence-electron chi connectivity index (χ4n) is 2.26. The van der Waals surface area contributed by atoms with E-state index in [1.165, 1.54) is 0 Å². The van der Waals surface area contributed by atoms with Crippen molar-refractivity contribution in [2.75, 3.05) is 6.26 Å². The van der Waals surface area contributed by atoms with Crippen LogP contribution in [-0.4, -0.2) is 30.3 Å². The molecule has 0 bridgehead atoms. The van der Waals surface area contributed by atoms with E-state index in [9.17, 15) is 0 Å². The second kappa shape index (κ2) is 5.02. The van der Waals surface area contributed by atoms with Gasteiger partial charge >= 0.3 is 0 Å². The van der Waals surface area contributed by atoms with Gasteiger partial charge in [0.1, 0.15) is 11.3 Å². The maximum Gasteiger partial charge on any atom is 0.158 e. The summed E-state index contributed by atoms with van der Waals surface area (Å²) in [7, 11) is 1.96. The number of nitrogens with zero attached hydrogens (tertiary/aromatic N) is 4. The molecule has 0 aliphatic carbocycles. The molecule has 2 aromatic rings. The molecule has 1 unspecified atom stereocenters. The average Bonchev–Trinajstić information content (AvgIpc) is 2.79. The zero-order valence-electron chi connectivity index (χ0n) is 12.4. The van der Waals surface area contributed by atoms with Crippen molar-refractivity contribution in [3.8, 4) is 0 Å². The minimum atomic E-state index is -0.107. The fraction of sp³-hybridized carbons (Fsp3) is 0.692. The van der Waals surface area contributed by atoms with E-state index in [0.29, 0.717) is 0 Å². The van der Waals surface area contributed by atoms with E-state index in [0.717, 1.165) is 29.2 Å². The molecule has 0 aromatic carbocycles. The van der Waals surface area contributed by atoms with Crippen LogP contribution in [0.5, 0.6) is 0 Å². The molecule has 0 amide bonds. The predicted molar refractivity (Wildman–Crippen MR) is 83.1 cm³/mol. The number of hydrogen-bond donors (Lipinski definition) is 0. The number of rotatable bonds is 4. The van der Waals surface area contributed by atoms with Crippen LogP contribution in [0.1, 0.15) is 37.7 Å². The average molecular weight is 301 g/mol. The van der Waals surface area contributed by atoms with Crippen LogP contribution < -0.4 is 0 Å². The first-order chi connectivity index (χ1) is 8.76. The molecule has 0 fully saturated rings. The summed E-state index contributed by atoms with van der Waals surface area (Å²) in [5.74, 6) is 0.926. The zero-order valence-corrected chi connectivity index (χ0v) is 13.9. The number of fused-ring (bicyclic) bond motifs is 1. The molecule has 2 heterocycles. The van der Waals surface area contributed by atoms with Crippen molar-refractivity contribution in [2.24, 2.45) is 7.05 Å². The third-order valence-corrected chi connectivity index (χ3v) is 4.80. The number of aromatic nitrogens is 4. The maximum absolute atomic E-state index is 6.29. The number of alkyl halides is 1. The van der Waals surface area contributed by atoms with E-state index in [-0.39, 0.29) is 10.1 Å². The standard InChI is InChI=1S/C13H21ClN4S/c1-8(14)11-15-10-9(2)16-17(5)12(10)18(11)7-13(3,4)19-6/h8H,7H2,1-6H3. The van der Waals surface area contributed by atoms with Crippen molar-refractivity contribution in [3.05, 3.63) is 11.5 Å². The first-order valence-corrected chi connectivity index (χ1v) is 8.02. The number of halogens is 1. The third kappa shape index (κ3) is 2.63. The summed E-state index contributed by atoms with van der Waals surface area (Å²) >= 11 is 8.14. The summed E-state index contributed by atoms with van der Waals surface area (Å²) in [5, 5.41) is 4.34. The molecule has 19 heavy (non-hydrogen) atoms. The maximum atomic E-state index is 6.29. The van der Waals surface area contributed by atoms with Crippen LogP contribution in [0.2, 0.25) is 0 Å². The molecule has 0 aliphatic heterocycles. The van der Waals surface area contributed by atoms with Crippen LogP contribution in [0.3, 0.4) is 0 Å². The van der Waals surface area contributed by atoms with Crippen molar-refractivity contribution < 1.29 is 0 Å². The van der Waals surface area contributed by atoms with E-state index in [1.54, 1.807) is 0 Å². The summed E-state index contributed by atoms with van der Waals surface area (Å²) < 4.78 is 4.24. The smallest absolute Gasteiger partial charge is 0.158 e. The minimum absolute atomic E-state index is 0.107. The van der Waals surface area contributed by atoms with E-state index in [2.05, 4.69) is 34.8 Å². The molecule has 0 aliphatic rings. The van der Waals surface area contributed by atoms with Crippen LogP contribution in [0, 0.1) is 6.92 Å². The molecule has 2 aromatic heterocycles. The molecule has 0 saturated carbocycles. The lowest BCUT2D eigenvalue weighted by atomic mass is 10.2. The Labute approximate surface area is 123 Å². The van der Waals surface area contributed by atoms with E-state index in [4.69, 9.17) is 11.6 Å². The van der Waals surface area contributed by atoms with Gasteiger partial charge in [-0.3, -0.25) is 4.68 Å². The molecule has 4 nitrogen and oxygen atoms in total. The largest absolute Gasteiger partial charge is 0.310 e. The van der Waals surface area contributed by atoms with Gasteiger partial charge in [-0.15, -0.1) is 11.6 Å². The Kier molecular flexibility index (Phi) is 3.89. The van der Waals surface area contributed by atoms with Gasteiger partial charge in [0.25, 0.3) is 0 Å². The van der Waals surface area contributed by atoms with Gasteiger partial charge in [-0.25, -0.2) is 4.98 Å². The van der Waals surface area contributed by atoms with Crippen LogP contribution in [0.25, 0.3) is 11.2 Å². The molecule has 0 radical (unpaired) electrons. The molecular weight excluding hydrogens is 280 g/mol. The first kappa shape index (κ1) is 14.7. The minimum Gasteiger partial charge on any atom is -0.310 e. The topological polar surface area (TPSA) is 35.6 Å². The van der Waals surface area contributed by atoms with Gasteiger partial charge in [-0.2, -0.15) is 16.9 Å². The molecule has 0 saturated heterocycles. The highest BCUT2D eigenvalue weighted by Crippen LogP contribution is 2.31. The van der Waals surface area contributed by atoms with Crippen molar-refractivity contribution in [1.29, 1.82) is 0 Å². The Balaban J connectivity index is 2.64. The summed E-state index contributed by atoms with van der Waals surface area (Å²) in [5.41, 5.74) is 2.97. The third-order valence-electron chi connectivity index (χ3n) is 3.37. The number of imidazole rings is 1. The zero-order chi connectivity index (χ0) is 14.4. The Morgan fingerprint density at radius 3 is 2.58 bits per heavy atom. The Morgan fingerprint density at radius 1 is 1.42 bits per heavy atom. The van der Waals surface area contributed by atoms with Gasteiger partial charge in [0, 0.05) is 18.3 Å². The normalized spacial score (nSPS) is 14.3. The van der Waals surface area contributed by atoms with Crippen molar-refractivity contribution in [2.45, 2.75) is 44.4 Å². The highest BCUT2D eigenvalue weighted by Gasteiger charge is 2.25. The van der Waals surface area contributed by atoms with E-state index >= 15 is 0 Å². The number of thioether (sulfide) groups is 1. The summed E-state index contributed by atoms with van der Waals surface area (Å²) in [6.07, 6.45) is 2.13. The monoisotopic (exact) mass is 300 g/mol. The van der Waals surface area contributed by atoms with Gasteiger partial charge in [0.05, 0.1) is 11.1 Å². The van der Waals surface area contributed by atoms with Crippen LogP contribution in [0.15, 0.2) is 0 Å². The number of hydrogen-bond acceptors (Lipinski definition) is 3. The predicted octanol–water partition coefficient (Wildman–Crippen LogP) is 3.52. The second-order valence-electron chi connectivity index (χ2n) is 5.52. The molecule has 2 rings (SSSR count). The first-order valence-electron chi connectivity index (χ1n) is 6.36. The summed E-state index contributed by atoms with van der Waals surface area (Å²) in [4.78, 5) is 4.69. The molecule has 6 heteroatoms. The van der Waals surface area contributed by atoms with Gasteiger partial charge in [0.15, 0.2) is 5.65 Å². The lowest BCUT2D eigenvalue weighted by Gasteiger charge is -2.24. The highest BCUT2D eigenvalue weighted by atomic mass is 35.5. The van der Waals surface area contributed by atoms with Crippen molar-refractivity contribution in [3.63, 3.8) is 0 Å². The van der Waals surface area contributed by atoms with Crippen LogP contribution >= 0.6 is 23.4 Å².